The first kappa shape index (κ1) is 15.4. The van der Waals surface area contributed by atoms with E-state index in [1.807, 2.05) is 30.5 Å². The number of aliphatic hydroxyl groups excluding tert-OH is 1. The van der Waals surface area contributed by atoms with Gasteiger partial charge in [0.15, 0.2) is 0 Å². The minimum atomic E-state index is -3.60. The van der Waals surface area contributed by atoms with Crippen LogP contribution in [0.2, 0.25) is 0 Å². The Morgan fingerprint density at radius 3 is 2.67 bits per heavy atom. The lowest BCUT2D eigenvalue weighted by Crippen LogP contribution is -2.46. The van der Waals surface area contributed by atoms with Gasteiger partial charge in [-0.3, -0.25) is 0 Å². The Labute approximate surface area is 140 Å². The topological polar surface area (TPSA) is 73.4 Å². The van der Waals surface area contributed by atoms with E-state index in [0.29, 0.717) is 12.0 Å². The number of nitrogens with one attached hydrogen (secondary N) is 1. The standard InChI is InChI=1S/C18H18N2O3S/c1-20-16(10-12-11-19-15-8-4-2-6-13(12)15)18(21)14-7-3-5-9-17(14)24(20,22)23/h2-9,11,16,18-19,21H,10H2,1H3/t16-,18-/m1/s1. The molecule has 4 rings (SSSR count). The number of H-pyrrole nitrogens is 1. The number of rotatable bonds is 2. The van der Waals surface area contributed by atoms with E-state index in [0.717, 1.165) is 16.5 Å². The van der Waals surface area contributed by atoms with Crippen molar-refractivity contribution in [1.82, 2.24) is 9.29 Å². The summed E-state index contributed by atoms with van der Waals surface area (Å²) in [6.45, 7) is 0. The maximum atomic E-state index is 12.8. The Morgan fingerprint density at radius 1 is 1.12 bits per heavy atom. The molecule has 0 fully saturated rings. The summed E-state index contributed by atoms with van der Waals surface area (Å²) >= 11 is 0. The number of aromatic nitrogens is 1. The highest BCUT2D eigenvalue weighted by Crippen LogP contribution is 2.37. The Bertz CT molecular complexity index is 1010. The number of hydrogen-bond donors (Lipinski definition) is 2. The van der Waals surface area contributed by atoms with Crippen molar-refractivity contribution in [3.8, 4) is 0 Å². The molecule has 24 heavy (non-hydrogen) atoms. The molecule has 1 aliphatic heterocycles. The van der Waals surface area contributed by atoms with E-state index in [9.17, 15) is 13.5 Å². The fourth-order valence-corrected chi connectivity index (χ4v) is 5.06. The van der Waals surface area contributed by atoms with Crippen LogP contribution in [-0.2, 0) is 16.4 Å². The summed E-state index contributed by atoms with van der Waals surface area (Å²) < 4.78 is 26.8. The van der Waals surface area contributed by atoms with E-state index in [4.69, 9.17) is 0 Å². The molecule has 2 aromatic carbocycles. The molecule has 2 heterocycles. The molecule has 124 valence electrons. The Balaban J connectivity index is 1.79. The van der Waals surface area contributed by atoms with Crippen molar-refractivity contribution in [2.75, 3.05) is 7.05 Å². The van der Waals surface area contributed by atoms with Gasteiger partial charge in [0.1, 0.15) is 0 Å². The number of nitrogens with zero attached hydrogens (tertiary/aromatic N) is 1. The average Bonchev–Trinajstić information content (AvgIpc) is 3.00. The SMILES string of the molecule is CN1[C@H](Cc2c[nH]c3ccccc23)[C@H](O)c2ccccc2S1(=O)=O. The number of benzene rings is 2. The molecule has 2 atom stereocenters. The van der Waals surface area contributed by atoms with Crippen LogP contribution in [-0.4, -0.2) is 35.9 Å². The first-order valence-corrected chi connectivity index (χ1v) is 9.24. The average molecular weight is 342 g/mol. The van der Waals surface area contributed by atoms with Gasteiger partial charge in [0.2, 0.25) is 10.0 Å². The summed E-state index contributed by atoms with van der Waals surface area (Å²) in [6.07, 6.45) is 1.47. The van der Waals surface area contributed by atoms with Crippen molar-refractivity contribution in [3.63, 3.8) is 0 Å². The van der Waals surface area contributed by atoms with Gasteiger partial charge in [-0.15, -0.1) is 0 Å². The number of likely N-dealkylation sites (N-methyl/N-ethyl adjacent to an activating group) is 1. The van der Waals surface area contributed by atoms with Gasteiger partial charge >= 0.3 is 0 Å². The Hall–Kier alpha value is -2.15. The summed E-state index contributed by atoms with van der Waals surface area (Å²) in [5.74, 6) is 0. The van der Waals surface area contributed by atoms with E-state index in [1.54, 1.807) is 24.3 Å². The fourth-order valence-electron chi connectivity index (χ4n) is 3.47. The molecular weight excluding hydrogens is 324 g/mol. The van der Waals surface area contributed by atoms with Crippen molar-refractivity contribution in [2.45, 2.75) is 23.5 Å². The summed E-state index contributed by atoms with van der Waals surface area (Å²) in [4.78, 5) is 3.39. The van der Waals surface area contributed by atoms with Crippen LogP contribution < -0.4 is 0 Å². The molecule has 0 aliphatic carbocycles. The van der Waals surface area contributed by atoms with Crippen molar-refractivity contribution in [3.05, 3.63) is 65.9 Å². The Kier molecular flexibility index (Phi) is 3.49. The highest BCUT2D eigenvalue weighted by molar-refractivity contribution is 7.89. The van der Waals surface area contributed by atoms with Gasteiger partial charge in [0.05, 0.1) is 17.0 Å². The number of hydrogen-bond acceptors (Lipinski definition) is 3. The molecule has 0 unspecified atom stereocenters. The second-order valence-electron chi connectivity index (χ2n) is 6.13. The van der Waals surface area contributed by atoms with Crippen molar-refractivity contribution in [2.24, 2.45) is 0 Å². The van der Waals surface area contributed by atoms with Crippen LogP contribution in [0, 0.1) is 0 Å². The van der Waals surface area contributed by atoms with Crippen molar-refractivity contribution in [1.29, 1.82) is 0 Å². The number of fused-ring (bicyclic) bond motifs is 2. The minimum absolute atomic E-state index is 0.190. The van der Waals surface area contributed by atoms with Gasteiger partial charge < -0.3 is 10.1 Å². The zero-order valence-electron chi connectivity index (χ0n) is 13.2. The molecule has 1 aromatic heterocycles. The third kappa shape index (κ3) is 2.18. The number of para-hydroxylation sites is 1. The van der Waals surface area contributed by atoms with Crippen molar-refractivity contribution < 1.29 is 13.5 Å². The van der Waals surface area contributed by atoms with E-state index >= 15 is 0 Å². The number of aromatic amines is 1. The summed E-state index contributed by atoms with van der Waals surface area (Å²) in [7, 11) is -2.06. The lowest BCUT2D eigenvalue weighted by molar-refractivity contribution is 0.0893. The van der Waals surface area contributed by atoms with Crippen LogP contribution in [0.25, 0.3) is 10.9 Å². The molecule has 0 saturated carbocycles. The monoisotopic (exact) mass is 342 g/mol. The Morgan fingerprint density at radius 2 is 1.83 bits per heavy atom. The van der Waals surface area contributed by atoms with Crippen LogP contribution >= 0.6 is 0 Å². The van der Waals surface area contributed by atoms with Crippen LogP contribution in [0.3, 0.4) is 0 Å². The van der Waals surface area contributed by atoms with Crippen LogP contribution in [0.1, 0.15) is 17.2 Å². The first-order chi connectivity index (χ1) is 11.5. The molecule has 0 radical (unpaired) electrons. The van der Waals surface area contributed by atoms with E-state index in [-0.39, 0.29) is 4.90 Å². The fraction of sp³-hybridized carbons (Fsp3) is 0.222. The van der Waals surface area contributed by atoms with Gasteiger partial charge in [-0.25, -0.2) is 8.42 Å². The molecule has 0 spiro atoms. The van der Waals surface area contributed by atoms with E-state index in [2.05, 4.69) is 4.98 Å². The molecule has 5 nitrogen and oxygen atoms in total. The highest BCUT2D eigenvalue weighted by atomic mass is 32.2. The quantitative estimate of drug-likeness (QED) is 0.751. The molecule has 0 amide bonds. The normalized spacial score (nSPS) is 23.2. The lowest BCUT2D eigenvalue weighted by atomic mass is 9.95. The number of aliphatic hydroxyl groups is 1. The first-order valence-electron chi connectivity index (χ1n) is 7.80. The summed E-state index contributed by atoms with van der Waals surface area (Å²) in [6, 6.07) is 14.0. The van der Waals surface area contributed by atoms with Crippen molar-refractivity contribution >= 4 is 20.9 Å². The molecule has 0 saturated heterocycles. The third-order valence-corrected chi connectivity index (χ3v) is 6.79. The van der Waals surface area contributed by atoms with Gasteiger partial charge in [0.25, 0.3) is 0 Å². The molecular formula is C18H18N2O3S. The predicted octanol–water partition coefficient (Wildman–Crippen LogP) is 2.45. The minimum Gasteiger partial charge on any atom is -0.387 e. The molecule has 6 heteroatoms. The van der Waals surface area contributed by atoms with E-state index < -0.39 is 22.2 Å². The second kappa shape index (κ2) is 5.44. The second-order valence-corrected chi connectivity index (χ2v) is 8.10. The lowest BCUT2D eigenvalue weighted by Gasteiger charge is -2.37. The van der Waals surface area contributed by atoms with E-state index in [1.165, 1.54) is 11.4 Å². The molecule has 1 aliphatic rings. The van der Waals surface area contributed by atoms with Crippen LogP contribution in [0.15, 0.2) is 59.6 Å². The maximum absolute atomic E-state index is 12.8. The summed E-state index contributed by atoms with van der Waals surface area (Å²) in [5, 5.41) is 11.8. The zero-order valence-corrected chi connectivity index (χ0v) is 14.0. The largest absolute Gasteiger partial charge is 0.387 e. The predicted molar refractivity (Wildman–Crippen MR) is 92.1 cm³/mol. The zero-order chi connectivity index (χ0) is 16.9. The molecule has 2 N–H and O–H groups in total. The van der Waals surface area contributed by atoms with Gasteiger partial charge in [0, 0.05) is 29.7 Å². The summed E-state index contributed by atoms with van der Waals surface area (Å²) in [5.41, 5.74) is 2.47. The van der Waals surface area contributed by atoms with Crippen LogP contribution in [0.5, 0.6) is 0 Å². The smallest absolute Gasteiger partial charge is 0.243 e. The van der Waals surface area contributed by atoms with Gasteiger partial charge in [-0.05, 0) is 24.1 Å². The van der Waals surface area contributed by atoms with Gasteiger partial charge in [-0.1, -0.05) is 36.4 Å². The number of sulfonamides is 1. The van der Waals surface area contributed by atoms with Gasteiger partial charge in [-0.2, -0.15) is 4.31 Å². The van der Waals surface area contributed by atoms with Crippen LogP contribution in [0.4, 0.5) is 0 Å². The molecule has 0 bridgehead atoms. The molecule has 3 aromatic rings. The maximum Gasteiger partial charge on any atom is 0.243 e. The third-order valence-electron chi connectivity index (χ3n) is 4.83. The highest BCUT2D eigenvalue weighted by Gasteiger charge is 2.41.